The zero-order chi connectivity index (χ0) is 21.6. The van der Waals surface area contributed by atoms with E-state index in [0.29, 0.717) is 30.8 Å². The molecule has 0 aliphatic carbocycles. The molecule has 2 aliphatic heterocycles. The maximum absolute atomic E-state index is 12.1. The van der Waals surface area contributed by atoms with Crippen LogP contribution in [-0.2, 0) is 20.4 Å². The quantitative estimate of drug-likeness (QED) is 0.594. The molecule has 1 aromatic carbocycles. The number of aryl methyl sites for hydroxylation is 3. The Morgan fingerprint density at radius 2 is 1.97 bits per heavy atom. The van der Waals surface area contributed by atoms with Crippen LogP contribution in [0.25, 0.3) is 0 Å². The second-order valence-electron chi connectivity index (χ2n) is 7.74. The molecule has 0 saturated carbocycles. The van der Waals surface area contributed by atoms with Gasteiger partial charge in [-0.2, -0.15) is 0 Å². The number of hydrogen-bond acceptors (Lipinski definition) is 6. The first-order valence-electron chi connectivity index (χ1n) is 9.59. The molecule has 2 aromatic rings. The summed E-state index contributed by atoms with van der Waals surface area (Å²) in [5.74, 6) is 0.717. The fourth-order valence-corrected chi connectivity index (χ4v) is 4.87. The van der Waals surface area contributed by atoms with Crippen molar-refractivity contribution < 1.29 is 18.3 Å². The van der Waals surface area contributed by atoms with Gasteiger partial charge in [0.2, 0.25) is 0 Å². The summed E-state index contributed by atoms with van der Waals surface area (Å²) in [6.07, 6.45) is 1.09. The second kappa shape index (κ2) is 8.00. The van der Waals surface area contributed by atoms with E-state index in [1.165, 1.54) is 10.8 Å². The van der Waals surface area contributed by atoms with E-state index in [2.05, 4.69) is 4.98 Å². The van der Waals surface area contributed by atoms with Crippen LogP contribution in [0.5, 0.6) is 5.75 Å². The number of rotatable bonds is 4. The molecule has 0 bridgehead atoms. The van der Waals surface area contributed by atoms with Crippen LogP contribution in [0.3, 0.4) is 0 Å². The van der Waals surface area contributed by atoms with E-state index in [-0.39, 0.29) is 0 Å². The van der Waals surface area contributed by atoms with Gasteiger partial charge in [0.1, 0.15) is 27.7 Å². The van der Waals surface area contributed by atoms with Crippen molar-refractivity contribution in [3.63, 3.8) is 0 Å². The van der Waals surface area contributed by atoms with Gasteiger partial charge < -0.3 is 13.8 Å². The van der Waals surface area contributed by atoms with Gasteiger partial charge in [0.05, 0.1) is 12.7 Å². The van der Waals surface area contributed by atoms with Crippen LogP contribution in [0.1, 0.15) is 41.3 Å². The molecule has 11 heteroatoms. The fourth-order valence-electron chi connectivity index (χ4n) is 3.69. The van der Waals surface area contributed by atoms with Crippen LogP contribution >= 0.6 is 8.60 Å². The molecule has 154 valence electrons. The van der Waals surface area contributed by atoms with Gasteiger partial charge in [-0.1, -0.05) is 17.7 Å². The number of ether oxygens (including phenoxy) is 1. The maximum Gasteiger partial charge on any atom is 0.396 e. The van der Waals surface area contributed by atoms with Crippen molar-refractivity contribution >= 4 is 24.3 Å². The van der Waals surface area contributed by atoms with Gasteiger partial charge in [-0.25, -0.2) is 4.79 Å². The topological polar surface area (TPSA) is 91.8 Å². The minimum absolute atomic E-state index is 0.333. The Bertz CT molecular complexity index is 1090. The minimum Gasteiger partial charge on any atom is -0.426 e. The highest BCUT2D eigenvalue weighted by Gasteiger charge is 2.41. The Morgan fingerprint density at radius 3 is 2.73 bits per heavy atom. The summed E-state index contributed by atoms with van der Waals surface area (Å²) in [7, 11) is 10.6. The molecular formula is C19H21B2N2O6P. The number of aromatic amines is 1. The molecule has 4 radical (unpaired) electrons. The standard InChI is InChI=1S/C19H21B2N2O6P/c1-10-6-11(2)16-13(7-10)9-26-30(28-16)29-19(20,21)14-4-5-15(27-14)23-8-12(3)17(24)22-18(23)25/h6-8,14-15H,4-5,9H2,1-3H3,(H,22,24,25). The number of aromatic nitrogens is 2. The molecular weight excluding hydrogens is 405 g/mol. The van der Waals surface area contributed by atoms with E-state index >= 15 is 0 Å². The molecule has 3 heterocycles. The monoisotopic (exact) mass is 426 g/mol. The molecule has 4 rings (SSSR count). The van der Waals surface area contributed by atoms with Crippen molar-refractivity contribution in [3.8, 4) is 5.75 Å². The van der Waals surface area contributed by atoms with Crippen molar-refractivity contribution in [3.05, 3.63) is 61.4 Å². The number of H-pyrrole nitrogens is 1. The third-order valence-electron chi connectivity index (χ3n) is 5.18. The molecule has 3 atom stereocenters. The normalized spacial score (nSPS) is 23.8. The van der Waals surface area contributed by atoms with E-state index in [0.717, 1.165) is 16.7 Å². The summed E-state index contributed by atoms with van der Waals surface area (Å²) in [4.78, 5) is 26.0. The van der Waals surface area contributed by atoms with E-state index in [1.54, 1.807) is 6.92 Å². The number of nitrogens with zero attached hydrogens (tertiary/aromatic N) is 1. The first kappa shape index (κ1) is 21.4. The molecule has 2 aliphatic rings. The van der Waals surface area contributed by atoms with E-state index < -0.39 is 37.6 Å². The smallest absolute Gasteiger partial charge is 0.396 e. The van der Waals surface area contributed by atoms with Gasteiger partial charge in [0, 0.05) is 22.7 Å². The van der Waals surface area contributed by atoms with Crippen molar-refractivity contribution in [2.75, 3.05) is 0 Å². The highest BCUT2D eigenvalue weighted by Crippen LogP contribution is 2.51. The Morgan fingerprint density at radius 1 is 1.20 bits per heavy atom. The van der Waals surface area contributed by atoms with Gasteiger partial charge in [0.15, 0.2) is 0 Å². The molecule has 1 aromatic heterocycles. The largest absolute Gasteiger partial charge is 0.426 e. The van der Waals surface area contributed by atoms with Gasteiger partial charge in [-0.05, 0) is 39.2 Å². The average molecular weight is 426 g/mol. The molecule has 3 unspecified atom stereocenters. The summed E-state index contributed by atoms with van der Waals surface area (Å²) in [6, 6.07) is 4.02. The Labute approximate surface area is 177 Å². The van der Waals surface area contributed by atoms with Gasteiger partial charge in [-0.15, -0.1) is 0 Å². The predicted molar refractivity (Wildman–Crippen MR) is 113 cm³/mol. The highest BCUT2D eigenvalue weighted by molar-refractivity contribution is 7.42. The minimum atomic E-state index is -1.82. The lowest BCUT2D eigenvalue weighted by Crippen LogP contribution is -2.46. The summed E-state index contributed by atoms with van der Waals surface area (Å²) in [5, 5.41) is -1.68. The Balaban J connectivity index is 1.45. The SMILES string of the molecule is [B]C([B])(OP1OCc2cc(C)cc(C)c2O1)C1CCC(n2cc(C)c(=O)[nH]c2=O)O1. The molecule has 0 spiro atoms. The van der Waals surface area contributed by atoms with E-state index in [9.17, 15) is 9.59 Å². The summed E-state index contributed by atoms with van der Waals surface area (Å²) >= 11 is 0. The molecule has 30 heavy (non-hydrogen) atoms. The number of hydrogen-bond donors (Lipinski definition) is 1. The number of fused-ring (bicyclic) bond motifs is 1. The van der Waals surface area contributed by atoms with Crippen molar-refractivity contribution in [2.24, 2.45) is 0 Å². The molecule has 8 nitrogen and oxygen atoms in total. The summed E-state index contributed by atoms with van der Waals surface area (Å²) in [6.45, 7) is 5.91. The molecule has 1 saturated heterocycles. The molecule has 1 N–H and O–H groups in total. The number of nitrogens with one attached hydrogen (secondary N) is 1. The highest BCUT2D eigenvalue weighted by atomic mass is 31.2. The first-order valence-corrected chi connectivity index (χ1v) is 10.7. The van der Waals surface area contributed by atoms with Crippen LogP contribution in [0.15, 0.2) is 27.9 Å². The van der Waals surface area contributed by atoms with Crippen molar-refractivity contribution in [1.29, 1.82) is 0 Å². The fraction of sp³-hybridized carbons (Fsp3) is 0.474. The van der Waals surface area contributed by atoms with Crippen molar-refractivity contribution in [2.45, 2.75) is 58.0 Å². The number of benzene rings is 1. The lowest BCUT2D eigenvalue weighted by Gasteiger charge is -2.36. The van der Waals surface area contributed by atoms with E-state index in [1.807, 2.05) is 26.0 Å². The first-order chi connectivity index (χ1) is 14.1. The Hall–Kier alpha value is -1.86. The van der Waals surface area contributed by atoms with Crippen molar-refractivity contribution in [1.82, 2.24) is 9.55 Å². The second-order valence-corrected chi connectivity index (χ2v) is 8.81. The third kappa shape index (κ3) is 4.14. The zero-order valence-electron chi connectivity index (χ0n) is 17.0. The zero-order valence-corrected chi connectivity index (χ0v) is 17.9. The Kier molecular flexibility index (Phi) is 5.70. The lowest BCUT2D eigenvalue weighted by molar-refractivity contribution is -0.0469. The molecule has 1 fully saturated rings. The average Bonchev–Trinajstić information content (AvgIpc) is 3.16. The van der Waals surface area contributed by atoms with Gasteiger partial charge >= 0.3 is 14.3 Å². The third-order valence-corrected chi connectivity index (χ3v) is 6.31. The van der Waals surface area contributed by atoms with Crippen LogP contribution in [0.4, 0.5) is 0 Å². The predicted octanol–water partition coefficient (Wildman–Crippen LogP) is 1.98. The van der Waals surface area contributed by atoms with Crippen LogP contribution in [-0.4, -0.2) is 36.7 Å². The summed E-state index contributed by atoms with van der Waals surface area (Å²) in [5.41, 5.74) is 2.47. The van der Waals surface area contributed by atoms with Gasteiger partial charge in [0.25, 0.3) is 5.56 Å². The summed E-state index contributed by atoms with van der Waals surface area (Å²) < 4.78 is 24.6. The molecule has 0 amide bonds. The van der Waals surface area contributed by atoms with Crippen LogP contribution in [0, 0.1) is 20.8 Å². The van der Waals surface area contributed by atoms with Gasteiger partial charge in [-0.3, -0.25) is 18.9 Å². The van der Waals surface area contributed by atoms with Crippen LogP contribution < -0.4 is 15.8 Å². The maximum atomic E-state index is 12.1. The van der Waals surface area contributed by atoms with E-state index in [4.69, 9.17) is 34.0 Å². The van der Waals surface area contributed by atoms with Crippen LogP contribution in [0.2, 0.25) is 0 Å². The lowest BCUT2D eigenvalue weighted by atomic mass is 9.61.